The molecule has 2 aromatic rings. The van der Waals surface area contributed by atoms with E-state index in [1.807, 2.05) is 48.5 Å². The number of carbonyl (C=O) groups excluding carboxylic acids is 1. The molecule has 2 aromatic carbocycles. The van der Waals surface area contributed by atoms with Crippen LogP contribution in [-0.2, 0) is 36.4 Å². The fourth-order valence-electron chi connectivity index (χ4n) is 4.00. The molecule has 13 nitrogen and oxygen atoms in total. The molecule has 0 aromatic heterocycles. The van der Waals surface area contributed by atoms with Gasteiger partial charge in [-0.3, -0.25) is 9.32 Å². The van der Waals surface area contributed by atoms with Crippen LogP contribution in [0.3, 0.4) is 0 Å². The van der Waals surface area contributed by atoms with Crippen molar-refractivity contribution in [1.82, 2.24) is 0 Å². The fourth-order valence-corrected chi connectivity index (χ4v) is 7.11. The van der Waals surface area contributed by atoms with Gasteiger partial charge in [-0.1, -0.05) is 55.0 Å². The Labute approximate surface area is 213 Å². The summed E-state index contributed by atoms with van der Waals surface area (Å²) in [6.07, 6.45) is 0.0962. The number of fused-ring (bicyclic) bond motifs is 3. The average Bonchev–Trinajstić information content (AvgIpc) is 3.08. The number of phosphoric acid groups is 3. The Morgan fingerprint density at radius 3 is 1.97 bits per heavy atom. The van der Waals surface area contributed by atoms with E-state index in [1.54, 1.807) is 0 Å². The third kappa shape index (κ3) is 9.21. The van der Waals surface area contributed by atoms with Crippen molar-refractivity contribution in [2.24, 2.45) is 5.73 Å². The van der Waals surface area contributed by atoms with Crippen molar-refractivity contribution in [1.29, 1.82) is 0 Å². The number of ether oxygens (including phenoxy) is 1. The Morgan fingerprint density at radius 2 is 1.41 bits per heavy atom. The molecular weight excluding hydrogens is 551 g/mol. The molecule has 0 spiro atoms. The molecule has 1 aliphatic carbocycles. The maximum Gasteiger partial charge on any atom is 0.490 e. The molecule has 37 heavy (non-hydrogen) atoms. The summed E-state index contributed by atoms with van der Waals surface area (Å²) in [4.78, 5) is 47.9. The van der Waals surface area contributed by atoms with Gasteiger partial charge in [-0.15, -0.1) is 0 Å². The number of hydrogen-bond acceptors (Lipinski definition) is 9. The van der Waals surface area contributed by atoms with Crippen molar-refractivity contribution in [2.45, 2.75) is 44.2 Å². The summed E-state index contributed by atoms with van der Waals surface area (Å²) in [5.41, 5.74) is 10.0. The predicted octanol–water partition coefficient (Wildman–Crippen LogP) is 3.92. The lowest BCUT2D eigenvalue weighted by atomic mass is 9.98. The first kappa shape index (κ1) is 29.8. The Kier molecular flexibility index (Phi) is 10.0. The zero-order valence-electron chi connectivity index (χ0n) is 19.5. The van der Waals surface area contributed by atoms with Crippen LogP contribution < -0.4 is 5.73 Å². The molecular formula is C21H28NO12P3. The maximum absolute atomic E-state index is 12.3. The van der Waals surface area contributed by atoms with Gasteiger partial charge < -0.3 is 30.0 Å². The molecule has 1 aliphatic rings. The van der Waals surface area contributed by atoms with E-state index in [-0.39, 0.29) is 31.3 Å². The summed E-state index contributed by atoms with van der Waals surface area (Å²) < 4.78 is 50.9. The van der Waals surface area contributed by atoms with Crippen LogP contribution in [0.1, 0.15) is 49.1 Å². The highest BCUT2D eigenvalue weighted by atomic mass is 31.3. The van der Waals surface area contributed by atoms with Crippen LogP contribution in [0.2, 0.25) is 0 Å². The second kappa shape index (κ2) is 12.4. The lowest BCUT2D eigenvalue weighted by Crippen LogP contribution is -2.22. The van der Waals surface area contributed by atoms with Crippen molar-refractivity contribution in [3.8, 4) is 11.1 Å². The van der Waals surface area contributed by atoms with Crippen molar-refractivity contribution in [3.63, 3.8) is 0 Å². The van der Waals surface area contributed by atoms with Crippen molar-refractivity contribution in [2.75, 3.05) is 6.61 Å². The molecule has 0 amide bonds. The van der Waals surface area contributed by atoms with Crippen LogP contribution in [0.5, 0.6) is 0 Å². The number of unbranched alkanes of at least 4 members (excludes halogenated alkanes) is 2. The van der Waals surface area contributed by atoms with Gasteiger partial charge in [0.2, 0.25) is 0 Å². The third-order valence-corrected chi connectivity index (χ3v) is 9.29. The molecule has 0 saturated heterocycles. The van der Waals surface area contributed by atoms with Gasteiger partial charge in [0.05, 0.1) is 0 Å². The van der Waals surface area contributed by atoms with E-state index >= 15 is 0 Å². The van der Waals surface area contributed by atoms with E-state index < -0.39 is 29.7 Å². The van der Waals surface area contributed by atoms with Crippen LogP contribution in [0.15, 0.2) is 48.5 Å². The Hall–Kier alpha value is -1.72. The van der Waals surface area contributed by atoms with Gasteiger partial charge in [0.15, 0.2) is 0 Å². The van der Waals surface area contributed by atoms with Gasteiger partial charge in [0.25, 0.3) is 0 Å². The number of hydrogen-bond donors (Lipinski definition) is 5. The largest absolute Gasteiger partial charge is 0.490 e. The van der Waals surface area contributed by atoms with E-state index in [0.29, 0.717) is 19.3 Å². The Balaban J connectivity index is 1.36. The van der Waals surface area contributed by atoms with E-state index in [4.69, 9.17) is 25.2 Å². The average molecular weight is 579 g/mol. The van der Waals surface area contributed by atoms with Crippen LogP contribution in [0.25, 0.3) is 11.1 Å². The van der Waals surface area contributed by atoms with Gasteiger partial charge in [-0.05, 0) is 41.5 Å². The highest BCUT2D eigenvalue weighted by Crippen LogP contribution is 2.66. The predicted molar refractivity (Wildman–Crippen MR) is 131 cm³/mol. The molecule has 0 heterocycles. The highest BCUT2D eigenvalue weighted by molar-refractivity contribution is 7.66. The van der Waals surface area contributed by atoms with Gasteiger partial charge in [0, 0.05) is 12.3 Å². The second-order valence-electron chi connectivity index (χ2n) is 8.24. The molecule has 0 fully saturated rings. The smallest absolute Gasteiger partial charge is 0.465 e. The number of phosphoric ester groups is 1. The molecule has 3 rings (SSSR count). The summed E-state index contributed by atoms with van der Waals surface area (Å²) >= 11 is 0. The monoisotopic (exact) mass is 579 g/mol. The molecule has 3 unspecified atom stereocenters. The molecule has 0 radical (unpaired) electrons. The van der Waals surface area contributed by atoms with Crippen LogP contribution in [-0.4, -0.2) is 38.4 Å². The summed E-state index contributed by atoms with van der Waals surface area (Å²) in [5.74, 6) is -0.399. The van der Waals surface area contributed by atoms with E-state index in [2.05, 4.69) is 13.1 Å². The lowest BCUT2D eigenvalue weighted by molar-refractivity contribution is -0.144. The molecule has 0 aliphatic heterocycles. The molecule has 6 N–H and O–H groups in total. The SMILES string of the molecule is NC(CCCCCC(=O)OCC1c2ccccc2-c2ccccc21)OP(=O)(O)OP(=O)(O)OP(=O)(O)O. The third-order valence-electron chi connectivity index (χ3n) is 5.43. The van der Waals surface area contributed by atoms with E-state index in [9.17, 15) is 23.4 Å². The first-order valence-electron chi connectivity index (χ1n) is 11.2. The minimum Gasteiger partial charge on any atom is -0.465 e. The van der Waals surface area contributed by atoms with Crippen LogP contribution in [0, 0.1) is 0 Å². The van der Waals surface area contributed by atoms with Crippen molar-refractivity contribution >= 4 is 29.4 Å². The van der Waals surface area contributed by atoms with Crippen LogP contribution >= 0.6 is 23.5 Å². The first-order valence-corrected chi connectivity index (χ1v) is 15.7. The first-order chi connectivity index (χ1) is 17.3. The van der Waals surface area contributed by atoms with E-state index in [1.165, 1.54) is 0 Å². The normalized spacial score (nSPS) is 17.3. The second-order valence-corrected chi connectivity index (χ2v) is 12.6. The van der Waals surface area contributed by atoms with Gasteiger partial charge in [0.1, 0.15) is 12.8 Å². The molecule has 0 saturated carbocycles. The number of rotatable bonds is 14. The minimum atomic E-state index is -5.60. The number of nitrogens with two attached hydrogens (primary N) is 1. The molecule has 16 heteroatoms. The Bertz CT molecular complexity index is 1200. The Morgan fingerprint density at radius 1 is 0.838 bits per heavy atom. The standard InChI is InChI=1S/C21H28NO12P3/c22-20(32-36(27,28)34-37(29,30)33-35(24,25)26)12-2-1-3-13-21(23)31-14-19-17-10-6-4-8-15(17)16-9-5-7-11-18(16)19/h4-11,19-20H,1-3,12-14,22H2,(H,27,28)(H,29,30)(H2,24,25,26). The van der Waals surface area contributed by atoms with Gasteiger partial charge in [-0.25, -0.2) is 13.7 Å². The van der Waals surface area contributed by atoms with Crippen molar-refractivity contribution in [3.05, 3.63) is 59.7 Å². The number of esters is 1. The highest BCUT2D eigenvalue weighted by Gasteiger charge is 2.41. The van der Waals surface area contributed by atoms with E-state index in [0.717, 1.165) is 22.3 Å². The topological polar surface area (TPSA) is 212 Å². The van der Waals surface area contributed by atoms with Gasteiger partial charge in [-0.2, -0.15) is 8.62 Å². The maximum atomic E-state index is 12.3. The van der Waals surface area contributed by atoms with Crippen LogP contribution in [0.4, 0.5) is 0 Å². The summed E-state index contributed by atoms with van der Waals surface area (Å²) in [6.45, 7) is 0.220. The summed E-state index contributed by atoms with van der Waals surface area (Å²) in [7, 11) is -16.3. The zero-order chi connectivity index (χ0) is 27.3. The molecule has 204 valence electrons. The summed E-state index contributed by atoms with van der Waals surface area (Å²) in [6, 6.07) is 16.0. The fraction of sp³-hybridized carbons (Fsp3) is 0.381. The lowest BCUT2D eigenvalue weighted by Gasteiger charge is -2.19. The number of carbonyl (C=O) groups is 1. The van der Waals surface area contributed by atoms with Gasteiger partial charge >= 0.3 is 29.4 Å². The summed E-state index contributed by atoms with van der Waals surface area (Å²) in [5, 5.41) is 0. The molecule has 0 bridgehead atoms. The minimum absolute atomic E-state index is 0.0215. The quantitative estimate of drug-likeness (QED) is 0.0930. The van der Waals surface area contributed by atoms with Crippen molar-refractivity contribution < 1.29 is 55.9 Å². The zero-order valence-corrected chi connectivity index (χ0v) is 22.2. The molecule has 3 atom stereocenters. The number of benzene rings is 2.